The van der Waals surface area contributed by atoms with Gasteiger partial charge in [-0.2, -0.15) is 0 Å². The van der Waals surface area contributed by atoms with Gasteiger partial charge in [-0.1, -0.05) is 35.1 Å². The Balaban J connectivity index is 1.65. The van der Waals surface area contributed by atoms with E-state index in [0.717, 1.165) is 10.6 Å². The van der Waals surface area contributed by atoms with Crippen molar-refractivity contribution in [3.63, 3.8) is 0 Å². The van der Waals surface area contributed by atoms with Crippen molar-refractivity contribution in [1.29, 1.82) is 0 Å². The zero-order chi connectivity index (χ0) is 17.9. The van der Waals surface area contributed by atoms with E-state index in [2.05, 4.69) is 15.5 Å². The normalized spacial score (nSPS) is 17.4. The van der Waals surface area contributed by atoms with Crippen LogP contribution < -0.4 is 5.32 Å². The third kappa shape index (κ3) is 4.49. The van der Waals surface area contributed by atoms with E-state index in [-0.39, 0.29) is 0 Å². The maximum atomic E-state index is 12.3. The number of halogens is 1. The second-order valence-electron chi connectivity index (χ2n) is 6.23. The first kappa shape index (κ1) is 18.6. The number of hydrogen-bond donors (Lipinski definition) is 1. The van der Waals surface area contributed by atoms with Crippen molar-refractivity contribution in [2.24, 2.45) is 0 Å². The van der Waals surface area contributed by atoms with Crippen molar-refractivity contribution in [1.82, 2.24) is 10.2 Å². The predicted molar refractivity (Wildman–Crippen MR) is 100 cm³/mol. The Labute approximate surface area is 156 Å². The fourth-order valence-corrected chi connectivity index (χ4v) is 4.97. The minimum atomic E-state index is -3.20. The Kier molecular flexibility index (Phi) is 5.62. The number of nitrogens with zero attached hydrogens (tertiary/aromatic N) is 2. The lowest BCUT2D eigenvalue weighted by atomic mass is 9.99. The van der Waals surface area contributed by atoms with E-state index in [1.54, 1.807) is 0 Å². The topological polar surface area (TPSA) is 81.2 Å². The summed E-state index contributed by atoms with van der Waals surface area (Å²) in [5.41, 5.74) is 1.10. The van der Waals surface area contributed by atoms with Crippen molar-refractivity contribution in [3.8, 4) is 0 Å². The maximum absolute atomic E-state index is 12.3. The zero-order valence-electron chi connectivity index (χ0n) is 13.9. The molecule has 0 unspecified atom stereocenters. The van der Waals surface area contributed by atoms with Crippen molar-refractivity contribution < 1.29 is 13.2 Å². The average Bonchev–Trinajstić information content (AvgIpc) is 3.02. The molecule has 1 N–H and O–H groups in total. The Morgan fingerprint density at radius 1 is 1.24 bits per heavy atom. The molecular weight excluding hydrogens is 382 g/mol. The molecule has 0 amide bonds. The van der Waals surface area contributed by atoms with Gasteiger partial charge < -0.3 is 10.1 Å². The Morgan fingerprint density at radius 2 is 1.92 bits per heavy atom. The van der Waals surface area contributed by atoms with Gasteiger partial charge in [0.15, 0.2) is 9.84 Å². The summed E-state index contributed by atoms with van der Waals surface area (Å²) in [7, 11) is -3.20. The highest BCUT2D eigenvalue weighted by Crippen LogP contribution is 2.30. The van der Waals surface area contributed by atoms with Crippen LogP contribution in [0.3, 0.4) is 0 Å². The lowest BCUT2D eigenvalue weighted by molar-refractivity contribution is 0.0777. The van der Waals surface area contributed by atoms with E-state index >= 15 is 0 Å². The number of anilines is 1. The monoisotopic (exact) mass is 401 g/mol. The molecule has 0 spiro atoms. The quantitative estimate of drug-likeness (QED) is 0.801. The zero-order valence-corrected chi connectivity index (χ0v) is 16.3. The van der Waals surface area contributed by atoms with Crippen molar-refractivity contribution in [3.05, 3.63) is 39.9 Å². The highest BCUT2D eigenvalue weighted by atomic mass is 35.5. The van der Waals surface area contributed by atoms with E-state index in [9.17, 15) is 8.42 Å². The van der Waals surface area contributed by atoms with Gasteiger partial charge in [0.1, 0.15) is 5.01 Å². The number of benzene rings is 1. The highest BCUT2D eigenvalue weighted by molar-refractivity contribution is 7.92. The van der Waals surface area contributed by atoms with Gasteiger partial charge >= 0.3 is 0 Å². The van der Waals surface area contributed by atoms with Crippen LogP contribution in [0.25, 0.3) is 0 Å². The number of aromatic nitrogens is 2. The van der Waals surface area contributed by atoms with Gasteiger partial charge in [0, 0.05) is 37.5 Å². The molecule has 0 bridgehead atoms. The molecule has 1 aliphatic rings. The summed E-state index contributed by atoms with van der Waals surface area (Å²) in [6.45, 7) is 1.25. The van der Waals surface area contributed by atoms with Gasteiger partial charge in [-0.25, -0.2) is 8.42 Å². The molecule has 2 aromatic rings. The first-order chi connectivity index (χ1) is 11.9. The molecule has 136 valence electrons. The second kappa shape index (κ2) is 7.57. The molecule has 0 saturated carbocycles. The summed E-state index contributed by atoms with van der Waals surface area (Å²) in [6.07, 6.45) is 2.96. The standard InChI is InChI=1S/C16H20ClN3O3S2/c1-25(21,22)16(6-8-23-9-7-16)11-18-15-20-19-14(24-15)10-12-2-4-13(17)5-3-12/h2-5H,6-11H2,1H3,(H,18,20). The smallest absolute Gasteiger partial charge is 0.205 e. The van der Waals surface area contributed by atoms with Crippen LogP contribution in [0.5, 0.6) is 0 Å². The fourth-order valence-electron chi connectivity index (χ4n) is 2.83. The summed E-state index contributed by atoms with van der Waals surface area (Å²) < 4.78 is 29.1. The number of sulfone groups is 1. The van der Waals surface area contributed by atoms with Crippen LogP contribution in [0, 0.1) is 0 Å². The predicted octanol–water partition coefficient (Wildman–Crippen LogP) is 2.79. The van der Waals surface area contributed by atoms with Gasteiger partial charge in [0.2, 0.25) is 5.13 Å². The molecule has 0 aliphatic carbocycles. The van der Waals surface area contributed by atoms with Gasteiger partial charge in [0.05, 0.1) is 4.75 Å². The van der Waals surface area contributed by atoms with Crippen LogP contribution in [0.15, 0.2) is 24.3 Å². The molecule has 1 aromatic heterocycles. The number of ether oxygens (including phenoxy) is 1. The molecule has 1 aliphatic heterocycles. The van der Waals surface area contributed by atoms with Crippen LogP contribution in [0.2, 0.25) is 5.02 Å². The molecule has 1 saturated heterocycles. The Hall–Kier alpha value is -1.22. The van der Waals surface area contributed by atoms with Gasteiger partial charge in [0.25, 0.3) is 0 Å². The second-order valence-corrected chi connectivity index (χ2v) is 10.1. The third-order valence-electron chi connectivity index (χ3n) is 4.49. The largest absolute Gasteiger partial charge is 0.381 e. The van der Waals surface area contributed by atoms with Crippen LogP contribution >= 0.6 is 22.9 Å². The summed E-state index contributed by atoms with van der Waals surface area (Å²) in [4.78, 5) is 0. The fraction of sp³-hybridized carbons (Fsp3) is 0.500. The van der Waals surface area contributed by atoms with E-state index in [0.29, 0.717) is 49.2 Å². The van der Waals surface area contributed by atoms with Crippen molar-refractivity contribution >= 4 is 37.9 Å². The van der Waals surface area contributed by atoms with E-state index in [1.807, 2.05) is 24.3 Å². The molecule has 0 radical (unpaired) electrons. The van der Waals surface area contributed by atoms with Gasteiger partial charge in [-0.05, 0) is 30.5 Å². The van der Waals surface area contributed by atoms with Crippen LogP contribution in [0.1, 0.15) is 23.4 Å². The Bertz CT molecular complexity index is 815. The SMILES string of the molecule is CS(=O)(=O)C1(CNc2nnc(Cc3ccc(Cl)cc3)s2)CCOCC1. The van der Waals surface area contributed by atoms with E-state index in [4.69, 9.17) is 16.3 Å². The summed E-state index contributed by atoms with van der Waals surface area (Å²) in [5.74, 6) is 0. The molecular formula is C16H20ClN3O3S2. The summed E-state index contributed by atoms with van der Waals surface area (Å²) >= 11 is 7.33. The average molecular weight is 402 g/mol. The first-order valence-corrected chi connectivity index (χ1v) is 11.0. The minimum Gasteiger partial charge on any atom is -0.381 e. The lowest BCUT2D eigenvalue weighted by Gasteiger charge is -2.35. The highest BCUT2D eigenvalue weighted by Gasteiger charge is 2.42. The minimum absolute atomic E-state index is 0.324. The molecule has 1 aromatic carbocycles. The third-order valence-corrected chi connectivity index (χ3v) is 7.75. The van der Waals surface area contributed by atoms with Gasteiger partial charge in [-0.3, -0.25) is 0 Å². The van der Waals surface area contributed by atoms with Crippen LogP contribution in [0.4, 0.5) is 5.13 Å². The first-order valence-electron chi connectivity index (χ1n) is 7.96. The number of nitrogens with one attached hydrogen (secondary N) is 1. The Morgan fingerprint density at radius 3 is 2.56 bits per heavy atom. The van der Waals surface area contributed by atoms with E-state index in [1.165, 1.54) is 17.6 Å². The van der Waals surface area contributed by atoms with Crippen LogP contribution in [-0.2, 0) is 21.0 Å². The maximum Gasteiger partial charge on any atom is 0.205 e. The molecule has 0 atom stereocenters. The number of hydrogen-bond acceptors (Lipinski definition) is 7. The molecule has 9 heteroatoms. The molecule has 2 heterocycles. The summed E-state index contributed by atoms with van der Waals surface area (Å²) in [5, 5.41) is 13.7. The summed E-state index contributed by atoms with van der Waals surface area (Å²) in [6, 6.07) is 7.60. The number of rotatable bonds is 6. The van der Waals surface area contributed by atoms with Crippen molar-refractivity contribution in [2.45, 2.75) is 24.0 Å². The molecule has 3 rings (SSSR count). The molecule has 25 heavy (non-hydrogen) atoms. The molecule has 6 nitrogen and oxygen atoms in total. The van der Waals surface area contributed by atoms with Crippen molar-refractivity contribution in [2.75, 3.05) is 31.3 Å². The van der Waals surface area contributed by atoms with E-state index < -0.39 is 14.6 Å². The van der Waals surface area contributed by atoms with Gasteiger partial charge in [-0.15, -0.1) is 10.2 Å². The molecule has 1 fully saturated rings. The van der Waals surface area contributed by atoms with Crippen LogP contribution in [-0.4, -0.2) is 49.4 Å². The lowest BCUT2D eigenvalue weighted by Crippen LogP contribution is -2.48.